The molecule has 0 radical (unpaired) electrons. The van der Waals surface area contributed by atoms with Crippen molar-refractivity contribution < 1.29 is 9.84 Å². The van der Waals surface area contributed by atoms with E-state index >= 15 is 0 Å². The number of aliphatic hydroxyl groups excluding tert-OH is 1. The zero-order valence-electron chi connectivity index (χ0n) is 8.36. The van der Waals surface area contributed by atoms with Crippen LogP contribution in [0.25, 0.3) is 0 Å². The monoisotopic (exact) mass is 213 g/mol. The van der Waals surface area contributed by atoms with E-state index in [1.54, 1.807) is 18.9 Å². The number of rotatable bonds is 4. The van der Waals surface area contributed by atoms with Gasteiger partial charge >= 0.3 is 0 Å². The number of thioether (sulfide) groups is 1. The molecule has 0 amide bonds. The molecule has 3 nitrogen and oxygen atoms in total. The Morgan fingerprint density at radius 2 is 2.29 bits per heavy atom. The molecule has 1 atom stereocenters. The molecule has 0 spiro atoms. The van der Waals surface area contributed by atoms with Crippen LogP contribution in [-0.2, 0) is 0 Å². The van der Waals surface area contributed by atoms with Crippen molar-refractivity contribution in [2.24, 2.45) is 5.73 Å². The molecule has 1 aromatic rings. The average molecular weight is 213 g/mol. The van der Waals surface area contributed by atoms with Gasteiger partial charge in [-0.2, -0.15) is 0 Å². The number of ether oxygens (including phenoxy) is 1. The standard InChI is InChI=1S/C10H15NO2S/c1-13-9-5-7(8(12)6-11)3-4-10(9)14-2/h3-5,8,12H,6,11H2,1-2H3. The highest BCUT2D eigenvalue weighted by molar-refractivity contribution is 7.98. The third-order valence-electron chi connectivity index (χ3n) is 2.02. The second-order valence-corrected chi connectivity index (χ2v) is 3.71. The number of hydrogen-bond acceptors (Lipinski definition) is 4. The quantitative estimate of drug-likeness (QED) is 0.742. The number of aliphatic hydroxyl groups is 1. The van der Waals surface area contributed by atoms with Crippen molar-refractivity contribution in [3.63, 3.8) is 0 Å². The lowest BCUT2D eigenvalue weighted by molar-refractivity contribution is 0.186. The molecule has 1 unspecified atom stereocenters. The first-order valence-electron chi connectivity index (χ1n) is 4.33. The van der Waals surface area contributed by atoms with E-state index in [0.29, 0.717) is 0 Å². The van der Waals surface area contributed by atoms with Gasteiger partial charge in [0.2, 0.25) is 0 Å². The predicted molar refractivity (Wildman–Crippen MR) is 58.8 cm³/mol. The van der Waals surface area contributed by atoms with Gasteiger partial charge in [0.1, 0.15) is 5.75 Å². The molecule has 0 saturated heterocycles. The van der Waals surface area contributed by atoms with Crippen LogP contribution in [0.1, 0.15) is 11.7 Å². The van der Waals surface area contributed by atoms with Gasteiger partial charge in [0.15, 0.2) is 0 Å². The van der Waals surface area contributed by atoms with E-state index in [2.05, 4.69) is 0 Å². The summed E-state index contributed by atoms with van der Waals surface area (Å²) in [6.45, 7) is 0.224. The number of hydrogen-bond donors (Lipinski definition) is 2. The topological polar surface area (TPSA) is 55.5 Å². The van der Waals surface area contributed by atoms with Gasteiger partial charge in [-0.25, -0.2) is 0 Å². The fraction of sp³-hybridized carbons (Fsp3) is 0.400. The Balaban J connectivity index is 3.01. The van der Waals surface area contributed by atoms with Crippen LogP contribution in [0.15, 0.2) is 23.1 Å². The van der Waals surface area contributed by atoms with Crippen molar-refractivity contribution in [2.45, 2.75) is 11.0 Å². The first-order chi connectivity index (χ1) is 6.72. The van der Waals surface area contributed by atoms with Crippen molar-refractivity contribution >= 4 is 11.8 Å². The highest BCUT2D eigenvalue weighted by atomic mass is 32.2. The molecule has 0 heterocycles. The van der Waals surface area contributed by atoms with Gasteiger partial charge in [-0.05, 0) is 24.0 Å². The molecule has 0 aliphatic rings. The van der Waals surface area contributed by atoms with Gasteiger partial charge in [0, 0.05) is 11.4 Å². The maximum atomic E-state index is 9.53. The second-order valence-electron chi connectivity index (χ2n) is 2.87. The van der Waals surface area contributed by atoms with E-state index in [4.69, 9.17) is 10.5 Å². The van der Waals surface area contributed by atoms with Crippen LogP contribution in [0.3, 0.4) is 0 Å². The summed E-state index contributed by atoms with van der Waals surface area (Å²) in [4.78, 5) is 1.06. The summed E-state index contributed by atoms with van der Waals surface area (Å²) in [5, 5.41) is 9.53. The molecule has 0 aliphatic carbocycles. The van der Waals surface area contributed by atoms with E-state index in [1.165, 1.54) is 0 Å². The number of nitrogens with two attached hydrogens (primary N) is 1. The summed E-state index contributed by atoms with van der Waals surface area (Å²) in [7, 11) is 1.62. The third-order valence-corrected chi connectivity index (χ3v) is 2.79. The van der Waals surface area contributed by atoms with Gasteiger partial charge in [-0.15, -0.1) is 11.8 Å². The van der Waals surface area contributed by atoms with Crippen molar-refractivity contribution in [3.8, 4) is 5.75 Å². The van der Waals surface area contributed by atoms with Crippen molar-refractivity contribution in [1.82, 2.24) is 0 Å². The molecule has 1 rings (SSSR count). The summed E-state index contributed by atoms with van der Waals surface area (Å²) >= 11 is 1.61. The molecule has 1 aromatic carbocycles. The summed E-state index contributed by atoms with van der Waals surface area (Å²) in [5.41, 5.74) is 6.16. The molecule has 4 heteroatoms. The van der Waals surface area contributed by atoms with E-state index in [9.17, 15) is 5.11 Å². The molecule has 0 aromatic heterocycles. The second kappa shape index (κ2) is 5.24. The van der Waals surface area contributed by atoms with E-state index in [-0.39, 0.29) is 6.54 Å². The first kappa shape index (κ1) is 11.4. The Morgan fingerprint density at radius 1 is 1.57 bits per heavy atom. The van der Waals surface area contributed by atoms with Crippen LogP contribution in [-0.4, -0.2) is 25.0 Å². The lowest BCUT2D eigenvalue weighted by Crippen LogP contribution is -2.11. The lowest BCUT2D eigenvalue weighted by Gasteiger charge is -2.12. The Bertz CT molecular complexity index is 304. The smallest absolute Gasteiger partial charge is 0.132 e. The van der Waals surface area contributed by atoms with Crippen LogP contribution < -0.4 is 10.5 Å². The molecule has 0 fully saturated rings. The Hall–Kier alpha value is -0.710. The molecule has 0 saturated carbocycles. The fourth-order valence-electron chi connectivity index (χ4n) is 1.20. The minimum absolute atomic E-state index is 0.224. The molecule has 3 N–H and O–H groups in total. The van der Waals surface area contributed by atoms with Gasteiger partial charge in [0.05, 0.1) is 13.2 Å². The maximum Gasteiger partial charge on any atom is 0.132 e. The maximum absolute atomic E-state index is 9.53. The average Bonchev–Trinajstić information content (AvgIpc) is 2.26. The van der Waals surface area contributed by atoms with Crippen molar-refractivity contribution in [3.05, 3.63) is 23.8 Å². The number of benzene rings is 1. The van der Waals surface area contributed by atoms with Crippen molar-refractivity contribution in [1.29, 1.82) is 0 Å². The van der Waals surface area contributed by atoms with Crippen LogP contribution in [0.4, 0.5) is 0 Å². The highest BCUT2D eigenvalue weighted by Gasteiger charge is 2.08. The van der Waals surface area contributed by atoms with Gasteiger partial charge < -0.3 is 15.6 Å². The summed E-state index contributed by atoms with van der Waals surface area (Å²) in [6.07, 6.45) is 1.37. The molecule has 0 aliphatic heterocycles. The van der Waals surface area contributed by atoms with E-state index < -0.39 is 6.10 Å². The highest BCUT2D eigenvalue weighted by Crippen LogP contribution is 2.29. The minimum atomic E-state index is -0.611. The zero-order valence-corrected chi connectivity index (χ0v) is 9.17. The summed E-state index contributed by atoms with van der Waals surface area (Å²) in [6, 6.07) is 5.62. The van der Waals surface area contributed by atoms with Gasteiger partial charge in [-0.3, -0.25) is 0 Å². The minimum Gasteiger partial charge on any atom is -0.496 e. The molecular weight excluding hydrogens is 198 g/mol. The van der Waals surface area contributed by atoms with Crippen LogP contribution >= 0.6 is 11.8 Å². The zero-order chi connectivity index (χ0) is 10.6. The van der Waals surface area contributed by atoms with Crippen molar-refractivity contribution in [2.75, 3.05) is 19.9 Å². The van der Waals surface area contributed by atoms with Crippen LogP contribution in [0, 0.1) is 0 Å². The SMILES string of the molecule is COc1cc(C(O)CN)ccc1SC. The molecule has 0 bridgehead atoms. The first-order valence-corrected chi connectivity index (χ1v) is 5.55. The van der Waals surface area contributed by atoms with Gasteiger partial charge in [0.25, 0.3) is 0 Å². The van der Waals surface area contributed by atoms with Gasteiger partial charge in [-0.1, -0.05) is 6.07 Å². The van der Waals surface area contributed by atoms with Crippen LogP contribution in [0.2, 0.25) is 0 Å². The fourth-order valence-corrected chi connectivity index (χ4v) is 1.74. The van der Waals surface area contributed by atoms with Crippen LogP contribution in [0.5, 0.6) is 5.75 Å². The Kier molecular flexibility index (Phi) is 4.25. The largest absolute Gasteiger partial charge is 0.496 e. The summed E-state index contributed by atoms with van der Waals surface area (Å²) in [5.74, 6) is 0.780. The molecule has 78 valence electrons. The molecular formula is C10H15NO2S. The number of methoxy groups -OCH3 is 1. The predicted octanol–water partition coefficient (Wildman–Crippen LogP) is 1.41. The Morgan fingerprint density at radius 3 is 2.79 bits per heavy atom. The Labute approximate surface area is 88.3 Å². The third kappa shape index (κ3) is 2.41. The van der Waals surface area contributed by atoms with E-state index in [1.807, 2.05) is 24.5 Å². The lowest BCUT2D eigenvalue weighted by atomic mass is 10.1. The van der Waals surface area contributed by atoms with E-state index in [0.717, 1.165) is 16.2 Å². The molecule has 14 heavy (non-hydrogen) atoms. The summed E-state index contributed by atoms with van der Waals surface area (Å²) < 4.78 is 5.20. The normalized spacial score (nSPS) is 12.6.